The summed E-state index contributed by atoms with van der Waals surface area (Å²) in [5.41, 5.74) is 1.35. The van der Waals surface area contributed by atoms with E-state index in [0.717, 1.165) is 45.8 Å². The highest BCUT2D eigenvalue weighted by molar-refractivity contribution is 5.76. The molecule has 0 bridgehead atoms. The van der Waals surface area contributed by atoms with Gasteiger partial charge in [0.15, 0.2) is 0 Å². The molecule has 0 spiro atoms. The number of carbonyl (C=O) groups excluding carboxylic acids is 1. The summed E-state index contributed by atoms with van der Waals surface area (Å²) in [5.74, 6) is 0.298. The van der Waals surface area contributed by atoms with Crippen LogP contribution in [0.1, 0.15) is 38.2 Å². The summed E-state index contributed by atoms with van der Waals surface area (Å²) in [6, 6.07) is 10.6. The van der Waals surface area contributed by atoms with E-state index < -0.39 is 0 Å². The van der Waals surface area contributed by atoms with Crippen molar-refractivity contribution in [2.45, 2.75) is 39.2 Å². The Morgan fingerprint density at radius 1 is 1.04 bits per heavy atom. The number of carbonyl (C=O) groups is 1. The molecule has 1 aromatic carbocycles. The van der Waals surface area contributed by atoms with Gasteiger partial charge in [-0.1, -0.05) is 50.1 Å². The second-order valence-corrected chi connectivity index (χ2v) is 6.35. The van der Waals surface area contributed by atoms with Crippen LogP contribution >= 0.6 is 0 Å². The van der Waals surface area contributed by atoms with Crippen molar-refractivity contribution >= 4 is 5.91 Å². The van der Waals surface area contributed by atoms with Gasteiger partial charge in [0.1, 0.15) is 0 Å². The van der Waals surface area contributed by atoms with Gasteiger partial charge in [-0.15, -0.1) is 0 Å². The van der Waals surface area contributed by atoms with Crippen molar-refractivity contribution in [2.75, 3.05) is 39.3 Å². The number of piperazine rings is 1. The van der Waals surface area contributed by atoms with Crippen LogP contribution in [0.25, 0.3) is 0 Å². The van der Waals surface area contributed by atoms with Crippen molar-refractivity contribution in [3.05, 3.63) is 35.9 Å². The minimum atomic E-state index is 0.298. The maximum absolute atomic E-state index is 12.2. The fraction of sp³-hybridized carbons (Fsp3) is 0.632. The lowest BCUT2D eigenvalue weighted by atomic mass is 10.2. The fourth-order valence-electron chi connectivity index (χ4n) is 2.98. The molecule has 4 nitrogen and oxygen atoms in total. The van der Waals surface area contributed by atoms with Crippen LogP contribution in [0.5, 0.6) is 0 Å². The zero-order chi connectivity index (χ0) is 16.3. The number of amides is 1. The molecule has 0 radical (unpaired) electrons. The number of rotatable bonds is 9. The monoisotopic (exact) mass is 317 g/mol. The molecule has 0 saturated carbocycles. The number of nitrogens with zero attached hydrogens (tertiary/aromatic N) is 2. The first kappa shape index (κ1) is 18.0. The maximum Gasteiger partial charge on any atom is 0.223 e. The van der Waals surface area contributed by atoms with Crippen LogP contribution in [0.15, 0.2) is 30.3 Å². The number of benzene rings is 1. The van der Waals surface area contributed by atoms with Crippen LogP contribution in [0, 0.1) is 0 Å². The predicted octanol–water partition coefficient (Wildman–Crippen LogP) is 2.50. The summed E-state index contributed by atoms with van der Waals surface area (Å²) in [6.07, 6.45) is 4.35. The van der Waals surface area contributed by atoms with Crippen molar-refractivity contribution in [1.29, 1.82) is 0 Å². The molecule has 1 heterocycles. The van der Waals surface area contributed by atoms with Crippen LogP contribution in [0.2, 0.25) is 0 Å². The maximum atomic E-state index is 12.2. The molecule has 0 aliphatic carbocycles. The number of nitrogens with one attached hydrogen (secondary N) is 1. The topological polar surface area (TPSA) is 35.6 Å². The molecule has 23 heavy (non-hydrogen) atoms. The van der Waals surface area contributed by atoms with Gasteiger partial charge in [-0.25, -0.2) is 0 Å². The predicted molar refractivity (Wildman–Crippen MR) is 95.3 cm³/mol. The van der Waals surface area contributed by atoms with Crippen LogP contribution in [-0.2, 0) is 11.3 Å². The third-order valence-corrected chi connectivity index (χ3v) is 4.45. The fourth-order valence-corrected chi connectivity index (χ4v) is 2.98. The number of hydrogen-bond donors (Lipinski definition) is 1. The minimum absolute atomic E-state index is 0.298. The number of hydrogen-bond acceptors (Lipinski definition) is 3. The first-order valence-electron chi connectivity index (χ1n) is 9.04. The summed E-state index contributed by atoms with van der Waals surface area (Å²) in [5, 5.41) is 3.37. The van der Waals surface area contributed by atoms with Crippen molar-refractivity contribution in [1.82, 2.24) is 15.1 Å². The van der Waals surface area contributed by atoms with Crippen molar-refractivity contribution in [2.24, 2.45) is 0 Å². The van der Waals surface area contributed by atoms with Crippen LogP contribution in [0.4, 0.5) is 0 Å². The first-order valence-corrected chi connectivity index (χ1v) is 9.04. The van der Waals surface area contributed by atoms with Gasteiger partial charge >= 0.3 is 0 Å². The number of unbranched alkanes of at least 4 members (excludes halogenated alkanes) is 2. The highest BCUT2D eigenvalue weighted by atomic mass is 16.2. The highest BCUT2D eigenvalue weighted by Gasteiger charge is 2.20. The summed E-state index contributed by atoms with van der Waals surface area (Å²) < 4.78 is 0. The third kappa shape index (κ3) is 6.71. The van der Waals surface area contributed by atoms with E-state index in [4.69, 9.17) is 0 Å². The average Bonchev–Trinajstić information content (AvgIpc) is 2.59. The standard InChI is InChI=1S/C19H31N3O/c1-2-3-7-11-20-12-10-19(23)22-15-13-21(14-16-22)17-18-8-5-4-6-9-18/h4-6,8-9,20H,2-3,7,10-17H2,1H3. The smallest absolute Gasteiger partial charge is 0.223 e. The van der Waals surface area contributed by atoms with Gasteiger partial charge in [-0.2, -0.15) is 0 Å². The molecule has 1 aliphatic heterocycles. The van der Waals surface area contributed by atoms with E-state index >= 15 is 0 Å². The van der Waals surface area contributed by atoms with Crippen LogP contribution < -0.4 is 5.32 Å². The third-order valence-electron chi connectivity index (χ3n) is 4.45. The molecule has 1 fully saturated rings. The Labute approximate surface area is 140 Å². The molecule has 1 amide bonds. The van der Waals surface area contributed by atoms with Crippen molar-refractivity contribution < 1.29 is 4.79 Å². The zero-order valence-corrected chi connectivity index (χ0v) is 14.5. The normalized spacial score (nSPS) is 15.8. The van der Waals surface area contributed by atoms with E-state index in [9.17, 15) is 4.79 Å². The Kier molecular flexibility index (Phi) is 8.12. The molecular weight excluding hydrogens is 286 g/mol. The van der Waals surface area contributed by atoms with E-state index in [2.05, 4.69) is 47.5 Å². The Morgan fingerprint density at radius 2 is 1.78 bits per heavy atom. The first-order chi connectivity index (χ1) is 11.3. The summed E-state index contributed by atoms with van der Waals surface area (Å²) >= 11 is 0. The molecule has 2 rings (SSSR count). The zero-order valence-electron chi connectivity index (χ0n) is 14.5. The Morgan fingerprint density at radius 3 is 2.48 bits per heavy atom. The van der Waals surface area contributed by atoms with Gasteiger partial charge in [0, 0.05) is 45.7 Å². The SMILES string of the molecule is CCCCCNCCC(=O)N1CCN(Cc2ccccc2)CC1. The molecule has 1 saturated heterocycles. The lowest BCUT2D eigenvalue weighted by Crippen LogP contribution is -2.48. The van der Waals surface area contributed by atoms with Gasteiger partial charge in [-0.05, 0) is 18.5 Å². The Balaban J connectivity index is 1.59. The second-order valence-electron chi connectivity index (χ2n) is 6.35. The minimum Gasteiger partial charge on any atom is -0.340 e. The van der Waals surface area contributed by atoms with E-state index in [1.54, 1.807) is 0 Å². The van der Waals surface area contributed by atoms with Crippen LogP contribution in [0.3, 0.4) is 0 Å². The van der Waals surface area contributed by atoms with Gasteiger partial charge in [-0.3, -0.25) is 9.69 Å². The van der Waals surface area contributed by atoms with E-state index in [1.807, 2.05) is 4.90 Å². The van der Waals surface area contributed by atoms with E-state index in [-0.39, 0.29) is 0 Å². The van der Waals surface area contributed by atoms with Gasteiger partial charge in [0.25, 0.3) is 0 Å². The second kappa shape index (κ2) is 10.4. The molecule has 0 atom stereocenters. The Hall–Kier alpha value is -1.39. The molecule has 4 heteroatoms. The summed E-state index contributed by atoms with van der Waals surface area (Å²) in [4.78, 5) is 16.7. The molecule has 128 valence electrons. The highest BCUT2D eigenvalue weighted by Crippen LogP contribution is 2.09. The lowest BCUT2D eigenvalue weighted by Gasteiger charge is -2.34. The Bertz CT molecular complexity index is 441. The molecule has 1 N–H and O–H groups in total. The molecule has 0 aromatic heterocycles. The molecule has 1 aromatic rings. The quantitative estimate of drug-likeness (QED) is 0.711. The summed E-state index contributed by atoms with van der Waals surface area (Å²) in [7, 11) is 0. The van der Waals surface area contributed by atoms with E-state index in [1.165, 1.54) is 24.8 Å². The summed E-state index contributed by atoms with van der Waals surface area (Å²) in [6.45, 7) is 8.72. The van der Waals surface area contributed by atoms with Crippen LogP contribution in [-0.4, -0.2) is 55.0 Å². The van der Waals surface area contributed by atoms with Gasteiger partial charge in [0.05, 0.1) is 0 Å². The van der Waals surface area contributed by atoms with Gasteiger partial charge in [0.2, 0.25) is 5.91 Å². The van der Waals surface area contributed by atoms with Crippen molar-refractivity contribution in [3.63, 3.8) is 0 Å². The van der Waals surface area contributed by atoms with Crippen molar-refractivity contribution in [3.8, 4) is 0 Å². The molecular formula is C19H31N3O. The molecule has 1 aliphatic rings. The van der Waals surface area contributed by atoms with E-state index in [0.29, 0.717) is 12.3 Å². The molecule has 0 unspecified atom stereocenters. The average molecular weight is 317 g/mol. The lowest BCUT2D eigenvalue weighted by molar-refractivity contribution is -0.132. The van der Waals surface area contributed by atoms with Gasteiger partial charge < -0.3 is 10.2 Å². The largest absolute Gasteiger partial charge is 0.340 e.